The molecule has 0 bridgehead atoms. The summed E-state index contributed by atoms with van der Waals surface area (Å²) in [5.74, 6) is 1.76. The second kappa shape index (κ2) is 4.80. The molecule has 0 aromatic carbocycles. The highest BCUT2D eigenvalue weighted by Crippen LogP contribution is 2.30. The quantitative estimate of drug-likeness (QED) is 0.639. The van der Waals surface area contributed by atoms with Crippen molar-refractivity contribution in [1.29, 1.82) is 0 Å². The van der Waals surface area contributed by atoms with Crippen molar-refractivity contribution in [2.24, 2.45) is 0 Å². The van der Waals surface area contributed by atoms with E-state index < -0.39 is 0 Å². The van der Waals surface area contributed by atoms with Crippen LogP contribution in [0.4, 0.5) is 4.79 Å². The summed E-state index contributed by atoms with van der Waals surface area (Å²) in [6, 6.07) is 0.293. The van der Waals surface area contributed by atoms with Crippen molar-refractivity contribution in [3.63, 3.8) is 0 Å². The molecular weight excluding hydrogens is 280 g/mol. The maximum Gasteiger partial charge on any atom is 0.331 e. The van der Waals surface area contributed by atoms with Gasteiger partial charge in [0.2, 0.25) is 0 Å². The van der Waals surface area contributed by atoms with E-state index in [2.05, 4.69) is 0 Å². The van der Waals surface area contributed by atoms with E-state index >= 15 is 0 Å². The Bertz CT molecular complexity index is 327. The maximum absolute atomic E-state index is 12.3. The number of carbonyl (C=O) groups is 1. The number of amides is 2. The van der Waals surface area contributed by atoms with Crippen LogP contribution in [0.3, 0.4) is 0 Å². The fraction of sp³-hybridized carbons (Fsp3) is 0.667. The molecule has 2 atom stereocenters. The molecular formula is C9H12N2OS4. The van der Waals surface area contributed by atoms with Gasteiger partial charge in [0.15, 0.2) is 0 Å². The van der Waals surface area contributed by atoms with Gasteiger partial charge in [-0.05, 0) is 13.8 Å². The summed E-state index contributed by atoms with van der Waals surface area (Å²) >= 11 is 13.5. The molecule has 2 heterocycles. The molecule has 2 fully saturated rings. The number of urea groups is 1. The van der Waals surface area contributed by atoms with E-state index in [1.165, 1.54) is 0 Å². The second-order valence-corrected chi connectivity index (χ2v) is 7.18. The lowest BCUT2D eigenvalue weighted by Crippen LogP contribution is -2.49. The molecule has 3 nitrogen and oxygen atoms in total. The normalized spacial score (nSPS) is 30.4. The summed E-state index contributed by atoms with van der Waals surface area (Å²) in [7, 11) is 0. The lowest BCUT2D eigenvalue weighted by atomic mass is 10.3. The molecule has 0 spiro atoms. The third-order valence-corrected chi connectivity index (χ3v) is 5.87. The molecule has 2 saturated heterocycles. The minimum Gasteiger partial charge on any atom is -0.275 e. The molecule has 0 aromatic rings. The van der Waals surface area contributed by atoms with E-state index in [-0.39, 0.29) is 18.1 Å². The Morgan fingerprint density at radius 3 is 1.75 bits per heavy atom. The summed E-state index contributed by atoms with van der Waals surface area (Å²) < 4.78 is 1.34. The number of nitrogens with zero attached hydrogens (tertiary/aromatic N) is 2. The zero-order valence-corrected chi connectivity index (χ0v) is 12.3. The SMILES string of the molecule is C[C@@H]1CSC(=S)N1C(=O)N1C(=S)SC[C@H]1C. The largest absolute Gasteiger partial charge is 0.331 e. The van der Waals surface area contributed by atoms with Gasteiger partial charge in [0, 0.05) is 23.6 Å². The predicted octanol–water partition coefficient (Wildman–Crippen LogP) is 2.55. The third kappa shape index (κ3) is 2.10. The zero-order valence-electron chi connectivity index (χ0n) is 9.00. The van der Waals surface area contributed by atoms with Gasteiger partial charge in [0.1, 0.15) is 8.64 Å². The van der Waals surface area contributed by atoms with Crippen LogP contribution in [0.5, 0.6) is 0 Å². The van der Waals surface area contributed by atoms with Crippen LogP contribution in [0.2, 0.25) is 0 Å². The van der Waals surface area contributed by atoms with Gasteiger partial charge in [-0.15, -0.1) is 0 Å². The van der Waals surface area contributed by atoms with Gasteiger partial charge in [0.25, 0.3) is 0 Å². The van der Waals surface area contributed by atoms with Gasteiger partial charge in [-0.25, -0.2) is 4.79 Å². The van der Waals surface area contributed by atoms with Gasteiger partial charge in [-0.1, -0.05) is 48.0 Å². The summed E-state index contributed by atoms with van der Waals surface area (Å²) in [5, 5.41) is 0. The van der Waals surface area contributed by atoms with Crippen LogP contribution in [0, 0.1) is 0 Å². The molecule has 0 N–H and O–H groups in total. The highest BCUT2D eigenvalue weighted by molar-refractivity contribution is 8.23. The van der Waals surface area contributed by atoms with Crippen LogP contribution in [0.15, 0.2) is 0 Å². The van der Waals surface area contributed by atoms with E-state index in [1.54, 1.807) is 33.3 Å². The van der Waals surface area contributed by atoms with Crippen molar-refractivity contribution in [1.82, 2.24) is 9.80 Å². The van der Waals surface area contributed by atoms with Crippen molar-refractivity contribution >= 4 is 62.6 Å². The Kier molecular flexibility index (Phi) is 3.78. The summed E-state index contributed by atoms with van der Waals surface area (Å²) in [6.45, 7) is 4.03. The van der Waals surface area contributed by atoms with Crippen LogP contribution >= 0.6 is 48.0 Å². The first kappa shape index (κ1) is 12.6. The second-order valence-electron chi connectivity index (χ2n) is 3.87. The summed E-state index contributed by atoms with van der Waals surface area (Å²) in [5.41, 5.74) is 0. The molecule has 0 unspecified atom stereocenters. The van der Waals surface area contributed by atoms with E-state index in [0.29, 0.717) is 8.64 Å². The average Bonchev–Trinajstić information content (AvgIpc) is 2.71. The van der Waals surface area contributed by atoms with Gasteiger partial charge in [-0.2, -0.15) is 0 Å². The first-order valence-corrected chi connectivity index (χ1v) is 7.77. The zero-order chi connectivity index (χ0) is 11.9. The molecule has 0 aromatic heterocycles. The molecule has 88 valence electrons. The topological polar surface area (TPSA) is 23.6 Å². The predicted molar refractivity (Wildman–Crippen MR) is 78.1 cm³/mol. The molecule has 2 aliphatic rings. The molecule has 0 saturated carbocycles. The molecule has 2 amide bonds. The van der Waals surface area contributed by atoms with Crippen LogP contribution in [0.1, 0.15) is 13.8 Å². The highest BCUT2D eigenvalue weighted by atomic mass is 32.2. The molecule has 7 heteroatoms. The third-order valence-electron chi connectivity index (χ3n) is 2.58. The standard InChI is InChI=1S/C9H12N2OS4/c1-5-3-15-8(13)10(5)7(12)11-6(2)4-16-9(11)14/h5-6H,3-4H2,1-2H3/t5-,6-/m1/s1. The van der Waals surface area contributed by atoms with Crippen molar-refractivity contribution < 1.29 is 4.79 Å². The first-order valence-electron chi connectivity index (χ1n) is 4.98. The Morgan fingerprint density at radius 1 is 1.12 bits per heavy atom. The smallest absolute Gasteiger partial charge is 0.275 e. The van der Waals surface area contributed by atoms with Crippen molar-refractivity contribution in [3.8, 4) is 0 Å². The number of rotatable bonds is 0. The highest BCUT2D eigenvalue weighted by Gasteiger charge is 2.39. The molecule has 0 radical (unpaired) electrons. The van der Waals surface area contributed by atoms with Gasteiger partial charge >= 0.3 is 6.03 Å². The molecule has 0 aliphatic carbocycles. The van der Waals surface area contributed by atoms with Crippen LogP contribution in [-0.4, -0.2) is 48.1 Å². The Labute approximate surface area is 114 Å². The number of hydrogen-bond acceptors (Lipinski definition) is 5. The maximum atomic E-state index is 12.3. The number of thioether (sulfide) groups is 2. The summed E-state index contributed by atoms with van der Waals surface area (Å²) in [6.07, 6.45) is 0. The Balaban J connectivity index is 2.18. The monoisotopic (exact) mass is 292 g/mol. The lowest BCUT2D eigenvalue weighted by Gasteiger charge is -2.28. The van der Waals surface area contributed by atoms with E-state index in [1.807, 2.05) is 13.8 Å². The van der Waals surface area contributed by atoms with Crippen molar-refractivity contribution in [3.05, 3.63) is 0 Å². The molecule has 2 aliphatic heterocycles. The average molecular weight is 292 g/mol. The Hall–Kier alpha value is 0.150. The van der Waals surface area contributed by atoms with Crippen molar-refractivity contribution in [2.75, 3.05) is 11.5 Å². The van der Waals surface area contributed by atoms with E-state index in [0.717, 1.165) is 11.5 Å². The molecule has 2 rings (SSSR count). The van der Waals surface area contributed by atoms with Crippen LogP contribution in [0.25, 0.3) is 0 Å². The van der Waals surface area contributed by atoms with E-state index in [4.69, 9.17) is 24.4 Å². The number of thiocarbonyl (C=S) groups is 2. The van der Waals surface area contributed by atoms with Gasteiger partial charge in [-0.3, -0.25) is 9.80 Å². The van der Waals surface area contributed by atoms with Gasteiger partial charge < -0.3 is 0 Å². The fourth-order valence-electron chi connectivity index (χ4n) is 1.68. The van der Waals surface area contributed by atoms with Crippen molar-refractivity contribution in [2.45, 2.75) is 25.9 Å². The van der Waals surface area contributed by atoms with E-state index in [9.17, 15) is 4.79 Å². The molecule has 16 heavy (non-hydrogen) atoms. The minimum absolute atomic E-state index is 0.0509. The number of carbonyl (C=O) groups excluding carboxylic acids is 1. The fourth-order valence-corrected chi connectivity index (χ4v) is 4.47. The van der Waals surface area contributed by atoms with Gasteiger partial charge in [0.05, 0.1) is 0 Å². The summed E-state index contributed by atoms with van der Waals surface area (Å²) in [4.78, 5) is 15.7. The first-order chi connectivity index (χ1) is 7.52. The Morgan fingerprint density at radius 2 is 1.50 bits per heavy atom. The van der Waals surface area contributed by atoms with Crippen LogP contribution in [-0.2, 0) is 0 Å². The van der Waals surface area contributed by atoms with Crippen LogP contribution < -0.4 is 0 Å². The lowest BCUT2D eigenvalue weighted by molar-refractivity contribution is 0.189. The number of hydrogen-bond donors (Lipinski definition) is 0. The minimum atomic E-state index is -0.0509.